The van der Waals surface area contributed by atoms with Gasteiger partial charge in [0.25, 0.3) is 0 Å². The predicted molar refractivity (Wildman–Crippen MR) is 101 cm³/mol. The number of para-hydroxylation sites is 1. The lowest BCUT2D eigenvalue weighted by Gasteiger charge is -2.16. The zero-order valence-electron chi connectivity index (χ0n) is 15.8. The highest BCUT2D eigenvalue weighted by molar-refractivity contribution is 6.10. The van der Waals surface area contributed by atoms with E-state index in [0.29, 0.717) is 11.3 Å². The number of aromatic nitrogens is 1. The molecular formula is C20H22N2O6. The number of Topliss-reactive ketones (excluding diaryl/α,β-unsaturated/α-hetero) is 2. The Balaban J connectivity index is 1.63. The van der Waals surface area contributed by atoms with Crippen LogP contribution in [-0.4, -0.2) is 40.6 Å². The van der Waals surface area contributed by atoms with Crippen molar-refractivity contribution in [3.05, 3.63) is 45.6 Å². The van der Waals surface area contributed by atoms with Gasteiger partial charge in [-0.25, -0.2) is 0 Å². The van der Waals surface area contributed by atoms with Crippen molar-refractivity contribution in [2.75, 3.05) is 13.2 Å². The maximum absolute atomic E-state index is 12.6. The lowest BCUT2D eigenvalue weighted by molar-refractivity contribution is -0.490. The maximum atomic E-state index is 12.6. The van der Waals surface area contributed by atoms with Gasteiger partial charge in [0.2, 0.25) is 12.3 Å². The lowest BCUT2D eigenvalue weighted by atomic mass is 9.88. The number of ether oxygens (including phenoxy) is 1. The molecule has 3 rings (SSSR count). The zero-order chi connectivity index (χ0) is 20.4. The van der Waals surface area contributed by atoms with E-state index < -0.39 is 29.3 Å². The van der Waals surface area contributed by atoms with Crippen LogP contribution >= 0.6 is 0 Å². The van der Waals surface area contributed by atoms with E-state index in [0.717, 1.165) is 10.9 Å². The van der Waals surface area contributed by atoms with Crippen LogP contribution in [-0.2, 0) is 14.3 Å². The van der Waals surface area contributed by atoms with Crippen LogP contribution in [0.25, 0.3) is 10.9 Å². The largest absolute Gasteiger partial charge is 0.457 e. The fraction of sp³-hybridized carbons (Fsp3) is 0.450. The number of nitrogens with one attached hydrogen (secondary N) is 1. The highest BCUT2D eigenvalue weighted by Gasteiger charge is 2.44. The Hall–Kier alpha value is -3.03. The van der Waals surface area contributed by atoms with Crippen molar-refractivity contribution in [2.24, 2.45) is 17.8 Å². The van der Waals surface area contributed by atoms with Crippen LogP contribution in [0.15, 0.2) is 24.3 Å². The number of esters is 1. The zero-order valence-corrected chi connectivity index (χ0v) is 15.8. The number of nitro groups is 1. The highest BCUT2D eigenvalue weighted by Crippen LogP contribution is 2.36. The van der Waals surface area contributed by atoms with Gasteiger partial charge in [-0.3, -0.25) is 24.5 Å². The van der Waals surface area contributed by atoms with E-state index in [9.17, 15) is 24.5 Å². The number of H-pyrrole nitrogens is 1. The molecule has 148 valence electrons. The monoisotopic (exact) mass is 386 g/mol. The molecule has 1 saturated carbocycles. The Labute approximate surface area is 161 Å². The highest BCUT2D eigenvalue weighted by atomic mass is 16.6. The Kier molecular flexibility index (Phi) is 5.58. The molecule has 28 heavy (non-hydrogen) atoms. The van der Waals surface area contributed by atoms with E-state index in [-0.39, 0.29) is 36.9 Å². The molecule has 0 unspecified atom stereocenters. The maximum Gasteiger partial charge on any atom is 0.306 e. The minimum atomic E-state index is -0.724. The summed E-state index contributed by atoms with van der Waals surface area (Å²) in [5.41, 5.74) is 1.98. The summed E-state index contributed by atoms with van der Waals surface area (Å²) in [7, 11) is 0. The molecule has 2 aromatic rings. The van der Waals surface area contributed by atoms with Crippen molar-refractivity contribution < 1.29 is 24.0 Å². The molecule has 3 atom stereocenters. The van der Waals surface area contributed by atoms with Gasteiger partial charge >= 0.3 is 5.97 Å². The number of ketones is 2. The normalized spacial score (nSPS) is 21.8. The standard InChI is InChI=1S/C20H22N2O6/c1-11-7-17(23)14(15(11)9-22(26)27)8-19(25)28-10-18(24)20-12(2)21-16-6-4-3-5-13(16)20/h3-6,11,14-15,21H,7-10H2,1-2H3/t11-,14+,15+/m1/s1. The number of aryl methyl sites for hydroxylation is 1. The first-order valence-electron chi connectivity index (χ1n) is 9.18. The molecule has 8 heteroatoms. The number of nitrogens with zero attached hydrogens (tertiary/aromatic N) is 1. The number of benzene rings is 1. The van der Waals surface area contributed by atoms with Crippen molar-refractivity contribution >= 4 is 28.4 Å². The summed E-state index contributed by atoms with van der Waals surface area (Å²) >= 11 is 0. The van der Waals surface area contributed by atoms with Crippen LogP contribution in [0, 0.1) is 34.8 Å². The summed E-state index contributed by atoms with van der Waals surface area (Å²) in [6.45, 7) is 2.77. The van der Waals surface area contributed by atoms with Gasteiger partial charge in [-0.1, -0.05) is 25.1 Å². The average Bonchev–Trinajstić information content (AvgIpc) is 3.09. The van der Waals surface area contributed by atoms with Crippen molar-refractivity contribution in [2.45, 2.75) is 26.7 Å². The van der Waals surface area contributed by atoms with Crippen LogP contribution in [0.2, 0.25) is 0 Å². The van der Waals surface area contributed by atoms with Gasteiger partial charge < -0.3 is 9.72 Å². The van der Waals surface area contributed by atoms with Gasteiger partial charge in [-0.05, 0) is 18.9 Å². The van der Waals surface area contributed by atoms with Crippen LogP contribution < -0.4 is 0 Å². The first-order valence-corrected chi connectivity index (χ1v) is 9.18. The third-order valence-corrected chi connectivity index (χ3v) is 5.47. The SMILES string of the molecule is Cc1[nH]c2ccccc2c1C(=O)COC(=O)C[C@@H]1C(=O)C[C@@H](C)[C@@H]1C[N+](=O)[O-]. The fourth-order valence-corrected chi connectivity index (χ4v) is 4.09. The number of hydrogen-bond acceptors (Lipinski definition) is 6. The van der Waals surface area contributed by atoms with Gasteiger partial charge in [0.1, 0.15) is 5.78 Å². The van der Waals surface area contributed by atoms with Gasteiger partial charge in [0, 0.05) is 45.3 Å². The molecule has 1 aliphatic carbocycles. The number of carbonyl (C=O) groups is 3. The van der Waals surface area contributed by atoms with Gasteiger partial charge in [0.05, 0.1) is 6.42 Å². The third kappa shape index (κ3) is 3.95. The van der Waals surface area contributed by atoms with E-state index in [2.05, 4.69) is 4.98 Å². The molecule has 1 aromatic carbocycles. The van der Waals surface area contributed by atoms with Crippen molar-refractivity contribution in [3.63, 3.8) is 0 Å². The molecule has 0 spiro atoms. The topological polar surface area (TPSA) is 119 Å². The number of carbonyl (C=O) groups excluding carboxylic acids is 3. The first-order chi connectivity index (χ1) is 13.3. The predicted octanol–water partition coefficient (Wildman–Crippen LogP) is 2.71. The quantitative estimate of drug-likeness (QED) is 0.338. The Morgan fingerprint density at radius 1 is 1.32 bits per heavy atom. The van der Waals surface area contributed by atoms with Gasteiger partial charge in [-0.15, -0.1) is 0 Å². The molecule has 0 aliphatic heterocycles. The summed E-state index contributed by atoms with van der Waals surface area (Å²) in [5, 5.41) is 11.6. The summed E-state index contributed by atoms with van der Waals surface area (Å²) in [6, 6.07) is 7.34. The molecule has 8 nitrogen and oxygen atoms in total. The average molecular weight is 386 g/mol. The number of rotatable bonds is 7. The number of fused-ring (bicyclic) bond motifs is 1. The summed E-state index contributed by atoms with van der Waals surface area (Å²) in [6.07, 6.45) is -0.00819. The second-order valence-corrected chi connectivity index (χ2v) is 7.39. The van der Waals surface area contributed by atoms with Crippen LogP contribution in [0.1, 0.15) is 35.8 Å². The Bertz CT molecular complexity index is 947. The van der Waals surface area contributed by atoms with Gasteiger partial charge in [-0.2, -0.15) is 0 Å². The van der Waals surface area contributed by atoms with Crippen LogP contribution in [0.3, 0.4) is 0 Å². The molecule has 0 radical (unpaired) electrons. The molecule has 0 bridgehead atoms. The molecular weight excluding hydrogens is 364 g/mol. The van der Waals surface area contributed by atoms with E-state index in [1.807, 2.05) is 24.3 Å². The molecule has 1 aromatic heterocycles. The van der Waals surface area contributed by atoms with Crippen molar-refractivity contribution in [3.8, 4) is 0 Å². The summed E-state index contributed by atoms with van der Waals surface area (Å²) < 4.78 is 5.11. The van der Waals surface area contributed by atoms with E-state index >= 15 is 0 Å². The molecule has 1 fully saturated rings. The molecule has 1 N–H and O–H groups in total. The minimum Gasteiger partial charge on any atom is -0.457 e. The summed E-state index contributed by atoms with van der Waals surface area (Å²) in [4.78, 5) is 50.4. The molecule has 0 amide bonds. The van der Waals surface area contributed by atoms with Gasteiger partial charge in [0.15, 0.2) is 6.61 Å². The smallest absolute Gasteiger partial charge is 0.306 e. The Morgan fingerprint density at radius 3 is 2.75 bits per heavy atom. The molecule has 0 saturated heterocycles. The first kappa shape index (κ1) is 19.7. The van der Waals surface area contributed by atoms with E-state index in [1.54, 1.807) is 13.8 Å². The molecule has 1 heterocycles. The fourth-order valence-electron chi connectivity index (χ4n) is 4.09. The van der Waals surface area contributed by atoms with Crippen LogP contribution in [0.4, 0.5) is 0 Å². The lowest BCUT2D eigenvalue weighted by Crippen LogP contribution is -2.28. The van der Waals surface area contributed by atoms with E-state index in [4.69, 9.17) is 4.74 Å². The Morgan fingerprint density at radius 2 is 2.04 bits per heavy atom. The number of hydrogen-bond donors (Lipinski definition) is 1. The van der Waals surface area contributed by atoms with Crippen molar-refractivity contribution in [1.29, 1.82) is 0 Å². The second-order valence-electron chi connectivity index (χ2n) is 7.39. The summed E-state index contributed by atoms with van der Waals surface area (Å²) in [5.74, 6) is -2.54. The third-order valence-electron chi connectivity index (χ3n) is 5.47. The molecule has 1 aliphatic rings. The van der Waals surface area contributed by atoms with E-state index in [1.165, 1.54) is 0 Å². The van der Waals surface area contributed by atoms with Crippen LogP contribution in [0.5, 0.6) is 0 Å². The van der Waals surface area contributed by atoms with Crippen molar-refractivity contribution in [1.82, 2.24) is 4.98 Å². The number of aromatic amines is 1. The minimum absolute atomic E-state index is 0.147. The second kappa shape index (κ2) is 7.92.